The number of thiophene rings is 1. The first-order valence-electron chi connectivity index (χ1n) is 12.4. The minimum atomic E-state index is 0.0327. The Kier molecular flexibility index (Phi) is 5.63. The zero-order valence-corrected chi connectivity index (χ0v) is 20.1. The van der Waals surface area contributed by atoms with Gasteiger partial charge in [0.1, 0.15) is 17.0 Å². The van der Waals surface area contributed by atoms with Gasteiger partial charge in [-0.2, -0.15) is 0 Å². The molecule has 7 nitrogen and oxygen atoms in total. The van der Waals surface area contributed by atoms with E-state index in [-0.39, 0.29) is 5.91 Å². The van der Waals surface area contributed by atoms with Crippen LogP contribution >= 0.6 is 11.3 Å². The summed E-state index contributed by atoms with van der Waals surface area (Å²) in [4.78, 5) is 26.2. The van der Waals surface area contributed by atoms with Crippen LogP contribution in [0.15, 0.2) is 18.5 Å². The number of hydrogen-bond acceptors (Lipinski definition) is 7. The number of carbonyl (C=O) groups is 1. The van der Waals surface area contributed by atoms with Crippen molar-refractivity contribution in [2.24, 2.45) is 23.2 Å². The van der Waals surface area contributed by atoms with Crippen LogP contribution in [0.25, 0.3) is 10.2 Å². The fraction of sp³-hybridized carbons (Fsp3) is 0.640. The molecule has 2 aromatic rings. The molecule has 2 N–H and O–H groups in total. The highest BCUT2D eigenvalue weighted by Crippen LogP contribution is 2.69. The van der Waals surface area contributed by atoms with E-state index < -0.39 is 0 Å². The van der Waals surface area contributed by atoms with Gasteiger partial charge in [-0.25, -0.2) is 9.97 Å². The van der Waals surface area contributed by atoms with Crippen LogP contribution in [0.5, 0.6) is 0 Å². The molecule has 0 radical (unpaired) electrons. The summed E-state index contributed by atoms with van der Waals surface area (Å²) in [5, 5.41) is 7.73. The second-order valence-electron chi connectivity index (χ2n) is 10.1. The van der Waals surface area contributed by atoms with Crippen LogP contribution in [0.2, 0.25) is 0 Å². The molecule has 2 saturated carbocycles. The van der Waals surface area contributed by atoms with Crippen LogP contribution in [0.4, 0.5) is 5.82 Å². The maximum Gasteiger partial charge on any atom is 0.261 e. The van der Waals surface area contributed by atoms with Gasteiger partial charge in [0.05, 0.1) is 23.5 Å². The number of rotatable bonds is 8. The molecule has 1 saturated heterocycles. The summed E-state index contributed by atoms with van der Waals surface area (Å²) in [6.45, 7) is 8.39. The Labute approximate surface area is 199 Å². The molecule has 6 rings (SSSR count). The highest BCUT2D eigenvalue weighted by Gasteiger charge is 2.62. The Hall–Kier alpha value is -2.03. The van der Waals surface area contributed by atoms with Crippen molar-refractivity contribution in [2.45, 2.75) is 32.6 Å². The fourth-order valence-electron chi connectivity index (χ4n) is 6.42. The van der Waals surface area contributed by atoms with E-state index in [9.17, 15) is 4.79 Å². The Bertz CT molecular complexity index is 1070. The maximum atomic E-state index is 13.1. The summed E-state index contributed by atoms with van der Waals surface area (Å²) < 4.78 is 5.42. The number of nitrogens with zero attached hydrogens (tertiary/aromatic N) is 3. The van der Waals surface area contributed by atoms with Crippen molar-refractivity contribution in [3.8, 4) is 0 Å². The molecular formula is C25H33N5O2S. The molecule has 1 aliphatic heterocycles. The number of morpholine rings is 1. The van der Waals surface area contributed by atoms with Gasteiger partial charge in [-0.1, -0.05) is 12.2 Å². The Balaban J connectivity index is 1.08. The second kappa shape index (κ2) is 8.64. The summed E-state index contributed by atoms with van der Waals surface area (Å²) in [5.41, 5.74) is 1.55. The number of carbonyl (C=O) groups excluding carboxylic acids is 1. The highest BCUT2D eigenvalue weighted by molar-refractivity contribution is 7.20. The first-order valence-corrected chi connectivity index (χ1v) is 13.2. The lowest BCUT2D eigenvalue weighted by atomic mass is 9.89. The number of anilines is 1. The third-order valence-corrected chi connectivity index (χ3v) is 9.55. The topological polar surface area (TPSA) is 79.4 Å². The maximum absolute atomic E-state index is 13.1. The number of hydrogen-bond donors (Lipinski definition) is 2. The molecule has 8 heteroatoms. The van der Waals surface area contributed by atoms with Crippen LogP contribution < -0.4 is 10.6 Å². The Morgan fingerprint density at radius 1 is 1.27 bits per heavy atom. The predicted molar refractivity (Wildman–Crippen MR) is 131 cm³/mol. The van der Waals surface area contributed by atoms with Gasteiger partial charge in [0.15, 0.2) is 0 Å². The van der Waals surface area contributed by atoms with Crippen molar-refractivity contribution >= 4 is 33.3 Å². The van der Waals surface area contributed by atoms with Crippen LogP contribution in [0.1, 0.15) is 40.9 Å². The van der Waals surface area contributed by atoms with E-state index in [1.807, 2.05) is 6.92 Å². The molecule has 0 unspecified atom stereocenters. The van der Waals surface area contributed by atoms with Crippen LogP contribution in [-0.2, 0) is 4.74 Å². The SMILES string of the molecule is Cc1c(C(=O)NC[C@@H]2C[C@H]3C=C[C@@H]2C32CC2)sc2ncnc(NCCCN3CCOCC3)c12. The molecule has 3 aliphatic carbocycles. The average molecular weight is 468 g/mol. The molecule has 1 amide bonds. The molecule has 2 bridgehead atoms. The number of amides is 1. The quantitative estimate of drug-likeness (QED) is 0.457. The summed E-state index contributed by atoms with van der Waals surface area (Å²) in [7, 11) is 0. The second-order valence-corrected chi connectivity index (χ2v) is 11.1. The van der Waals surface area contributed by atoms with Crippen molar-refractivity contribution in [1.29, 1.82) is 0 Å². The molecule has 3 atom stereocenters. The third kappa shape index (κ3) is 3.86. The molecule has 33 heavy (non-hydrogen) atoms. The van der Waals surface area contributed by atoms with Crippen LogP contribution in [0.3, 0.4) is 0 Å². The Morgan fingerprint density at radius 3 is 2.91 bits per heavy atom. The van der Waals surface area contributed by atoms with Gasteiger partial charge in [-0.3, -0.25) is 9.69 Å². The molecule has 2 aromatic heterocycles. The molecule has 3 heterocycles. The molecular weight excluding hydrogens is 434 g/mol. The van der Waals surface area contributed by atoms with E-state index in [1.54, 1.807) is 6.33 Å². The summed E-state index contributed by atoms with van der Waals surface area (Å²) in [6.07, 6.45) is 11.5. The highest BCUT2D eigenvalue weighted by atomic mass is 32.1. The van der Waals surface area contributed by atoms with Gasteiger partial charge in [-0.15, -0.1) is 11.3 Å². The molecule has 176 valence electrons. The zero-order chi connectivity index (χ0) is 22.4. The lowest BCUT2D eigenvalue weighted by Crippen LogP contribution is -2.37. The van der Waals surface area contributed by atoms with Gasteiger partial charge < -0.3 is 15.4 Å². The van der Waals surface area contributed by atoms with Gasteiger partial charge in [0.2, 0.25) is 0 Å². The largest absolute Gasteiger partial charge is 0.379 e. The first kappa shape index (κ1) is 21.5. The van der Waals surface area contributed by atoms with Crippen molar-refractivity contribution in [3.05, 3.63) is 28.9 Å². The summed E-state index contributed by atoms with van der Waals surface area (Å²) in [5.74, 6) is 2.88. The lowest BCUT2D eigenvalue weighted by molar-refractivity contribution is 0.0378. The van der Waals surface area contributed by atoms with Crippen molar-refractivity contribution in [3.63, 3.8) is 0 Å². The summed E-state index contributed by atoms with van der Waals surface area (Å²) >= 11 is 1.48. The van der Waals surface area contributed by atoms with E-state index in [4.69, 9.17) is 4.74 Å². The predicted octanol–water partition coefficient (Wildman–Crippen LogP) is 3.47. The van der Waals surface area contributed by atoms with Crippen molar-refractivity contribution in [1.82, 2.24) is 20.2 Å². The van der Waals surface area contributed by atoms with Gasteiger partial charge in [-0.05, 0) is 67.9 Å². The van der Waals surface area contributed by atoms with Crippen molar-refractivity contribution < 1.29 is 9.53 Å². The van der Waals surface area contributed by atoms with E-state index in [0.29, 0.717) is 17.3 Å². The minimum Gasteiger partial charge on any atom is -0.379 e. The third-order valence-electron chi connectivity index (χ3n) is 8.35. The van der Waals surface area contributed by atoms with Gasteiger partial charge in [0, 0.05) is 26.2 Å². The standard InChI is InChI=1S/C25H33N5O2S/c1-16-20-22(26-7-2-8-30-9-11-32-12-10-30)28-15-29-24(20)33-21(16)23(31)27-14-17-13-18-3-4-19(17)25(18)5-6-25/h3-4,15,17-19H,2,5-14H2,1H3,(H,27,31)(H,26,28,29)/t17-,18+,19-/m0/s1. The van der Waals surface area contributed by atoms with Crippen LogP contribution in [0, 0.1) is 30.1 Å². The molecule has 0 aromatic carbocycles. The average Bonchev–Trinajstić information content (AvgIpc) is 3.39. The number of nitrogens with one attached hydrogen (secondary N) is 2. The van der Waals surface area contributed by atoms with E-state index in [2.05, 4.69) is 37.7 Å². The van der Waals surface area contributed by atoms with Crippen LogP contribution in [-0.4, -0.2) is 66.7 Å². The summed E-state index contributed by atoms with van der Waals surface area (Å²) in [6, 6.07) is 0. The number of fused-ring (bicyclic) bond motifs is 1. The van der Waals surface area contributed by atoms with E-state index in [0.717, 1.165) is 84.8 Å². The van der Waals surface area contributed by atoms with E-state index >= 15 is 0 Å². The van der Waals surface area contributed by atoms with Gasteiger partial charge in [0.25, 0.3) is 5.91 Å². The van der Waals surface area contributed by atoms with Crippen molar-refractivity contribution in [2.75, 3.05) is 51.3 Å². The first-order chi connectivity index (χ1) is 16.2. The molecule has 4 aliphatic rings. The monoisotopic (exact) mass is 467 g/mol. The number of ether oxygens (including phenoxy) is 1. The lowest BCUT2D eigenvalue weighted by Gasteiger charge is -2.26. The Morgan fingerprint density at radius 2 is 2.12 bits per heavy atom. The number of aryl methyl sites for hydroxylation is 1. The zero-order valence-electron chi connectivity index (χ0n) is 19.3. The number of aromatic nitrogens is 2. The van der Waals surface area contributed by atoms with Gasteiger partial charge >= 0.3 is 0 Å². The minimum absolute atomic E-state index is 0.0327. The molecule has 3 fully saturated rings. The molecule has 1 spiro atoms. The smallest absolute Gasteiger partial charge is 0.261 e. The normalized spacial score (nSPS) is 27.5. The fourth-order valence-corrected chi connectivity index (χ4v) is 7.48. The van der Waals surface area contributed by atoms with E-state index in [1.165, 1.54) is 30.6 Å². The number of allylic oxidation sites excluding steroid dienone is 2.